The Bertz CT molecular complexity index is 586. The number of nitrogens with two attached hydrogens (primary N) is 1. The molecule has 2 N–H and O–H groups in total. The molecule has 104 valence electrons. The van der Waals surface area contributed by atoms with Crippen LogP contribution in [0.1, 0.15) is 30.0 Å². The average molecular weight is 271 g/mol. The van der Waals surface area contributed by atoms with Crippen LogP contribution in [-0.4, -0.2) is 11.5 Å². The van der Waals surface area contributed by atoms with Gasteiger partial charge < -0.3 is 10.6 Å². The fourth-order valence-corrected chi connectivity index (χ4v) is 2.92. The van der Waals surface area contributed by atoms with E-state index in [2.05, 4.69) is 9.88 Å². The molecule has 0 amide bonds. The first-order chi connectivity index (χ1) is 9.78. The molecule has 0 aliphatic carbocycles. The van der Waals surface area contributed by atoms with Crippen LogP contribution in [0.5, 0.6) is 0 Å². The van der Waals surface area contributed by atoms with E-state index in [1.807, 2.05) is 30.6 Å². The summed E-state index contributed by atoms with van der Waals surface area (Å²) in [6.07, 6.45) is 5.81. The third-order valence-electron chi connectivity index (χ3n) is 3.85. The molecular formula is C16H18FN3. The number of halogens is 1. The van der Waals surface area contributed by atoms with Gasteiger partial charge in [-0.05, 0) is 54.3 Å². The predicted octanol–water partition coefficient (Wildman–Crippen LogP) is 3.02. The first-order valence-electron chi connectivity index (χ1n) is 6.94. The van der Waals surface area contributed by atoms with E-state index < -0.39 is 0 Å². The van der Waals surface area contributed by atoms with Crippen molar-refractivity contribution >= 4 is 5.69 Å². The van der Waals surface area contributed by atoms with Crippen molar-refractivity contribution in [2.24, 2.45) is 5.73 Å². The predicted molar refractivity (Wildman–Crippen MR) is 77.8 cm³/mol. The maximum absolute atomic E-state index is 13.7. The SMILES string of the molecule is NCc1cc(F)cc(N2CCCC2c2ccncc2)c1. The topological polar surface area (TPSA) is 42.1 Å². The number of hydrogen-bond acceptors (Lipinski definition) is 3. The Hall–Kier alpha value is -1.94. The van der Waals surface area contributed by atoms with Gasteiger partial charge in [0.25, 0.3) is 0 Å². The fraction of sp³-hybridized carbons (Fsp3) is 0.312. The molecule has 0 bridgehead atoms. The Morgan fingerprint density at radius 1 is 1.25 bits per heavy atom. The lowest BCUT2D eigenvalue weighted by Crippen LogP contribution is -2.23. The van der Waals surface area contributed by atoms with E-state index >= 15 is 0 Å². The number of aromatic nitrogens is 1. The molecule has 3 nitrogen and oxygen atoms in total. The standard InChI is InChI=1S/C16H18FN3/c17-14-8-12(11-18)9-15(10-14)20-7-1-2-16(20)13-3-5-19-6-4-13/h3-6,8-10,16H,1-2,7,11,18H2. The third kappa shape index (κ3) is 2.51. The molecule has 1 atom stereocenters. The van der Waals surface area contributed by atoms with E-state index in [1.165, 1.54) is 11.6 Å². The normalized spacial score (nSPS) is 18.5. The zero-order valence-electron chi connectivity index (χ0n) is 11.3. The number of nitrogens with zero attached hydrogens (tertiary/aromatic N) is 2. The van der Waals surface area contributed by atoms with E-state index in [0.717, 1.165) is 30.6 Å². The van der Waals surface area contributed by atoms with Gasteiger partial charge in [0.05, 0.1) is 6.04 Å². The van der Waals surface area contributed by atoms with E-state index in [0.29, 0.717) is 12.6 Å². The van der Waals surface area contributed by atoms with Crippen molar-refractivity contribution in [1.29, 1.82) is 0 Å². The Kier molecular flexibility index (Phi) is 3.65. The summed E-state index contributed by atoms with van der Waals surface area (Å²) in [6.45, 7) is 1.30. The van der Waals surface area contributed by atoms with Crippen LogP contribution in [0.2, 0.25) is 0 Å². The molecule has 1 aliphatic heterocycles. The zero-order valence-corrected chi connectivity index (χ0v) is 11.3. The first kappa shape index (κ1) is 13.1. The van der Waals surface area contributed by atoms with Crippen LogP contribution in [-0.2, 0) is 6.54 Å². The molecule has 0 saturated carbocycles. The van der Waals surface area contributed by atoms with Crippen molar-refractivity contribution in [1.82, 2.24) is 4.98 Å². The van der Waals surface area contributed by atoms with Gasteiger partial charge in [-0.15, -0.1) is 0 Å². The zero-order chi connectivity index (χ0) is 13.9. The van der Waals surface area contributed by atoms with Crippen LogP contribution in [0.4, 0.5) is 10.1 Å². The van der Waals surface area contributed by atoms with Gasteiger partial charge in [-0.2, -0.15) is 0 Å². The average Bonchev–Trinajstić information content (AvgIpc) is 2.97. The minimum atomic E-state index is -0.219. The molecule has 20 heavy (non-hydrogen) atoms. The number of anilines is 1. The Morgan fingerprint density at radius 3 is 2.80 bits per heavy atom. The van der Waals surface area contributed by atoms with Crippen molar-refractivity contribution in [2.45, 2.75) is 25.4 Å². The van der Waals surface area contributed by atoms with Crippen LogP contribution in [0.25, 0.3) is 0 Å². The van der Waals surface area contributed by atoms with Gasteiger partial charge in [-0.3, -0.25) is 4.98 Å². The summed E-state index contributed by atoms with van der Waals surface area (Å²) in [5, 5.41) is 0. The summed E-state index contributed by atoms with van der Waals surface area (Å²) in [4.78, 5) is 6.32. The second-order valence-corrected chi connectivity index (χ2v) is 5.15. The monoisotopic (exact) mass is 271 g/mol. The molecule has 4 heteroatoms. The van der Waals surface area contributed by atoms with E-state index in [4.69, 9.17) is 5.73 Å². The largest absolute Gasteiger partial charge is 0.364 e. The quantitative estimate of drug-likeness (QED) is 0.933. The molecule has 2 heterocycles. The lowest BCUT2D eigenvalue weighted by Gasteiger charge is -2.27. The Labute approximate surface area is 118 Å². The van der Waals surface area contributed by atoms with E-state index in [1.54, 1.807) is 6.07 Å². The molecule has 3 rings (SSSR count). The third-order valence-corrected chi connectivity index (χ3v) is 3.85. The highest BCUT2D eigenvalue weighted by Crippen LogP contribution is 2.36. The smallest absolute Gasteiger partial charge is 0.125 e. The van der Waals surface area contributed by atoms with Gasteiger partial charge in [0.2, 0.25) is 0 Å². The van der Waals surface area contributed by atoms with Gasteiger partial charge >= 0.3 is 0 Å². The van der Waals surface area contributed by atoms with Crippen LogP contribution in [0.15, 0.2) is 42.7 Å². The Morgan fingerprint density at radius 2 is 2.05 bits per heavy atom. The van der Waals surface area contributed by atoms with Crippen LogP contribution >= 0.6 is 0 Å². The number of rotatable bonds is 3. The van der Waals surface area contributed by atoms with Gasteiger partial charge in [-0.25, -0.2) is 4.39 Å². The van der Waals surface area contributed by atoms with E-state index in [9.17, 15) is 4.39 Å². The van der Waals surface area contributed by atoms with Crippen molar-refractivity contribution < 1.29 is 4.39 Å². The molecule has 0 radical (unpaired) electrons. The molecule has 1 aromatic heterocycles. The molecule has 1 aromatic carbocycles. The number of benzene rings is 1. The minimum Gasteiger partial charge on any atom is -0.364 e. The lowest BCUT2D eigenvalue weighted by atomic mass is 10.1. The summed E-state index contributed by atoms with van der Waals surface area (Å²) in [5.41, 5.74) is 8.63. The second-order valence-electron chi connectivity index (χ2n) is 5.15. The van der Waals surface area contributed by atoms with Gasteiger partial charge in [0.15, 0.2) is 0 Å². The summed E-state index contributed by atoms with van der Waals surface area (Å²) in [5.74, 6) is -0.219. The summed E-state index contributed by atoms with van der Waals surface area (Å²) in [6, 6.07) is 9.45. The van der Waals surface area contributed by atoms with Crippen molar-refractivity contribution in [2.75, 3.05) is 11.4 Å². The van der Waals surface area contributed by atoms with Crippen molar-refractivity contribution in [3.8, 4) is 0 Å². The molecule has 0 spiro atoms. The van der Waals surface area contributed by atoms with Crippen LogP contribution in [0.3, 0.4) is 0 Å². The molecule has 1 aliphatic rings. The molecular weight excluding hydrogens is 253 g/mol. The highest BCUT2D eigenvalue weighted by molar-refractivity contribution is 5.52. The summed E-state index contributed by atoms with van der Waals surface area (Å²) < 4.78 is 13.7. The van der Waals surface area contributed by atoms with E-state index in [-0.39, 0.29) is 5.82 Å². The molecule has 1 unspecified atom stereocenters. The van der Waals surface area contributed by atoms with Gasteiger partial charge in [0.1, 0.15) is 5.82 Å². The molecule has 1 fully saturated rings. The Balaban J connectivity index is 1.94. The second kappa shape index (κ2) is 5.59. The maximum Gasteiger partial charge on any atom is 0.125 e. The number of pyridine rings is 1. The minimum absolute atomic E-state index is 0.219. The summed E-state index contributed by atoms with van der Waals surface area (Å²) >= 11 is 0. The maximum atomic E-state index is 13.7. The van der Waals surface area contributed by atoms with Gasteiger partial charge in [0, 0.05) is 31.2 Å². The molecule has 1 saturated heterocycles. The van der Waals surface area contributed by atoms with Crippen molar-refractivity contribution in [3.63, 3.8) is 0 Å². The first-order valence-corrected chi connectivity index (χ1v) is 6.94. The van der Waals surface area contributed by atoms with Crippen LogP contribution in [0, 0.1) is 5.82 Å². The number of hydrogen-bond donors (Lipinski definition) is 1. The lowest BCUT2D eigenvalue weighted by molar-refractivity contribution is 0.622. The fourth-order valence-electron chi connectivity index (χ4n) is 2.92. The van der Waals surface area contributed by atoms with Crippen molar-refractivity contribution in [3.05, 3.63) is 59.7 Å². The molecule has 2 aromatic rings. The van der Waals surface area contributed by atoms with Gasteiger partial charge in [-0.1, -0.05) is 0 Å². The highest BCUT2D eigenvalue weighted by Gasteiger charge is 2.26. The highest BCUT2D eigenvalue weighted by atomic mass is 19.1. The van der Waals surface area contributed by atoms with Crippen LogP contribution < -0.4 is 10.6 Å². The summed E-state index contributed by atoms with van der Waals surface area (Å²) in [7, 11) is 0.